The number of fused-ring (bicyclic) bond motifs is 1. The molecule has 1 aliphatic heterocycles. The van der Waals surface area contributed by atoms with Crippen LogP contribution in [0, 0.1) is 5.92 Å². The third kappa shape index (κ3) is 15.4. The fourth-order valence-corrected chi connectivity index (χ4v) is 6.40. The molecule has 0 aliphatic carbocycles. The SMILES string of the molecule is CC(C)C[C@H](NC(=O)[C@H](CCC(N)=O)NC(=O)[C@H](Cc1cccc2ccccc12)NC(=O)CN1CCOCC1)[C@@H](O)CC(=O)N[C@H](CO)CCCCN. The lowest BCUT2D eigenvalue weighted by Gasteiger charge is -2.29. The van der Waals surface area contributed by atoms with Gasteiger partial charge in [0, 0.05) is 25.9 Å². The van der Waals surface area contributed by atoms with Crippen molar-refractivity contribution in [3.8, 4) is 0 Å². The van der Waals surface area contributed by atoms with E-state index in [-0.39, 0.29) is 50.7 Å². The van der Waals surface area contributed by atoms with Crippen molar-refractivity contribution in [3.05, 3.63) is 48.0 Å². The summed E-state index contributed by atoms with van der Waals surface area (Å²) in [5, 5.41) is 33.9. The summed E-state index contributed by atoms with van der Waals surface area (Å²) in [5.74, 6) is -2.85. The number of hydrogen-bond donors (Lipinski definition) is 8. The molecule has 1 aliphatic rings. The molecule has 0 radical (unpaired) electrons. The minimum atomic E-state index is -1.30. The summed E-state index contributed by atoms with van der Waals surface area (Å²) in [6, 6.07) is 9.69. The Kier molecular flexibility index (Phi) is 18.6. The van der Waals surface area contributed by atoms with Crippen molar-refractivity contribution in [2.45, 2.75) is 95.5 Å². The van der Waals surface area contributed by atoms with Crippen molar-refractivity contribution >= 4 is 40.3 Å². The second-order valence-electron chi connectivity index (χ2n) is 14.2. The third-order valence-electron chi connectivity index (χ3n) is 9.24. The lowest BCUT2D eigenvalue weighted by Crippen LogP contribution is -2.57. The monoisotopic (exact) mass is 741 g/mol. The Labute approximate surface area is 311 Å². The van der Waals surface area contributed by atoms with Gasteiger partial charge >= 0.3 is 0 Å². The molecular formula is C38H59N7O8. The van der Waals surface area contributed by atoms with Gasteiger partial charge in [0.25, 0.3) is 0 Å². The van der Waals surface area contributed by atoms with Crippen LogP contribution in [0.25, 0.3) is 10.8 Å². The van der Waals surface area contributed by atoms with E-state index >= 15 is 0 Å². The maximum Gasteiger partial charge on any atom is 0.243 e. The first kappa shape index (κ1) is 43.3. The average molecular weight is 742 g/mol. The number of ether oxygens (including phenoxy) is 1. The van der Waals surface area contributed by atoms with Gasteiger partial charge in [0.15, 0.2) is 0 Å². The standard InChI is InChI=1S/C38H59N7O8/c1-25(2)20-31(33(47)22-35(49)41-28(24-46)11-5-6-15-39)44-37(51)30(13-14-34(40)48)43-38(52)32(42-36(50)23-45-16-18-53-19-17-45)21-27-10-7-9-26-8-3-4-12-29(26)27/h3-4,7-10,12,25,28,30-33,46-47H,5-6,11,13-24,39H2,1-2H3,(H2,40,48)(H,41,49)(H,42,50)(H,43,52)(H,44,51)/t28-,30-,31-,32-,33-/m0/s1. The predicted octanol–water partition coefficient (Wildman–Crippen LogP) is -0.162. The highest BCUT2D eigenvalue weighted by Gasteiger charge is 2.32. The Morgan fingerprint density at radius 3 is 2.25 bits per heavy atom. The molecule has 5 amide bonds. The van der Waals surface area contributed by atoms with E-state index in [1.165, 1.54) is 0 Å². The molecule has 0 bridgehead atoms. The molecular weight excluding hydrogens is 682 g/mol. The first-order valence-corrected chi connectivity index (χ1v) is 18.6. The molecule has 1 fully saturated rings. The number of aliphatic hydroxyl groups is 2. The summed E-state index contributed by atoms with van der Waals surface area (Å²) in [5.41, 5.74) is 11.8. The number of aliphatic hydroxyl groups excluding tert-OH is 2. The van der Waals surface area contributed by atoms with Gasteiger partial charge < -0.3 is 47.7 Å². The van der Waals surface area contributed by atoms with Crippen LogP contribution in [0.5, 0.6) is 0 Å². The molecule has 1 saturated heterocycles. The lowest BCUT2D eigenvalue weighted by molar-refractivity contribution is -0.133. The number of unbranched alkanes of at least 4 members (excludes halogenated alkanes) is 1. The normalized spacial score (nSPS) is 16.3. The van der Waals surface area contributed by atoms with Gasteiger partial charge in [0.1, 0.15) is 12.1 Å². The van der Waals surface area contributed by atoms with Crippen LogP contribution in [0.3, 0.4) is 0 Å². The number of primary amides is 1. The fraction of sp³-hybridized carbons (Fsp3) is 0.605. The number of carbonyl (C=O) groups is 5. The van der Waals surface area contributed by atoms with Gasteiger partial charge in [0.05, 0.1) is 51.0 Å². The smallest absolute Gasteiger partial charge is 0.243 e. The zero-order valence-corrected chi connectivity index (χ0v) is 31.1. The van der Waals surface area contributed by atoms with Gasteiger partial charge in [-0.25, -0.2) is 0 Å². The number of hydrogen-bond acceptors (Lipinski definition) is 10. The van der Waals surface area contributed by atoms with Crippen LogP contribution in [0.1, 0.15) is 64.4 Å². The van der Waals surface area contributed by atoms with E-state index in [0.29, 0.717) is 45.7 Å². The van der Waals surface area contributed by atoms with Crippen molar-refractivity contribution in [1.82, 2.24) is 26.2 Å². The van der Waals surface area contributed by atoms with E-state index in [0.717, 1.165) is 29.2 Å². The van der Waals surface area contributed by atoms with E-state index in [2.05, 4.69) is 21.3 Å². The fourth-order valence-electron chi connectivity index (χ4n) is 6.40. The summed E-state index contributed by atoms with van der Waals surface area (Å²) in [4.78, 5) is 67.8. The van der Waals surface area contributed by atoms with Gasteiger partial charge in [0.2, 0.25) is 29.5 Å². The van der Waals surface area contributed by atoms with Gasteiger partial charge in [-0.05, 0) is 54.5 Å². The largest absolute Gasteiger partial charge is 0.394 e. The minimum Gasteiger partial charge on any atom is -0.394 e. The van der Waals surface area contributed by atoms with Gasteiger partial charge in [-0.15, -0.1) is 0 Å². The van der Waals surface area contributed by atoms with Crippen molar-refractivity contribution in [1.29, 1.82) is 0 Å². The summed E-state index contributed by atoms with van der Waals surface area (Å²) in [7, 11) is 0. The molecule has 15 heteroatoms. The maximum absolute atomic E-state index is 14.1. The van der Waals surface area contributed by atoms with Gasteiger partial charge in [-0.2, -0.15) is 0 Å². The summed E-state index contributed by atoms with van der Waals surface area (Å²) in [6.45, 7) is 6.23. The second-order valence-corrected chi connectivity index (χ2v) is 14.2. The number of benzene rings is 2. The zero-order chi connectivity index (χ0) is 38.8. The van der Waals surface area contributed by atoms with Crippen LogP contribution in [0.4, 0.5) is 0 Å². The Bertz CT molecular complexity index is 1480. The maximum atomic E-state index is 14.1. The number of rotatable bonds is 23. The Morgan fingerprint density at radius 2 is 1.57 bits per heavy atom. The molecule has 2 aromatic carbocycles. The van der Waals surface area contributed by atoms with Gasteiger partial charge in [-0.3, -0.25) is 28.9 Å². The summed E-state index contributed by atoms with van der Waals surface area (Å²) < 4.78 is 5.39. The molecule has 1 heterocycles. The zero-order valence-electron chi connectivity index (χ0n) is 31.1. The number of nitrogens with one attached hydrogen (secondary N) is 4. The second kappa shape index (κ2) is 22.8. The molecule has 10 N–H and O–H groups in total. The number of amides is 5. The summed E-state index contributed by atoms with van der Waals surface area (Å²) >= 11 is 0. The number of carbonyl (C=O) groups excluding carboxylic acids is 5. The van der Waals surface area contributed by atoms with Crippen molar-refractivity contribution in [3.63, 3.8) is 0 Å². The number of nitrogens with two attached hydrogens (primary N) is 2. The molecule has 5 atom stereocenters. The van der Waals surface area contributed by atoms with E-state index < -0.39 is 53.9 Å². The van der Waals surface area contributed by atoms with E-state index in [4.69, 9.17) is 16.2 Å². The molecule has 0 unspecified atom stereocenters. The number of morpholine rings is 1. The highest BCUT2D eigenvalue weighted by molar-refractivity contribution is 5.94. The molecule has 15 nitrogen and oxygen atoms in total. The van der Waals surface area contributed by atoms with Crippen LogP contribution in [0.2, 0.25) is 0 Å². The van der Waals surface area contributed by atoms with Crippen LogP contribution >= 0.6 is 0 Å². The van der Waals surface area contributed by atoms with Crippen molar-refractivity contribution in [2.24, 2.45) is 17.4 Å². The third-order valence-corrected chi connectivity index (χ3v) is 9.24. The van der Waals surface area contributed by atoms with Crippen molar-refractivity contribution in [2.75, 3.05) is 46.0 Å². The van der Waals surface area contributed by atoms with E-state index in [1.54, 1.807) is 0 Å². The lowest BCUT2D eigenvalue weighted by atomic mass is 9.96. The molecule has 0 aromatic heterocycles. The van der Waals surface area contributed by atoms with Crippen LogP contribution in [-0.4, -0.2) is 121 Å². The average Bonchev–Trinajstić information content (AvgIpc) is 3.12. The first-order valence-electron chi connectivity index (χ1n) is 18.6. The molecule has 294 valence electrons. The first-order chi connectivity index (χ1) is 25.4. The quantitative estimate of drug-likeness (QED) is 0.0701. The molecule has 53 heavy (non-hydrogen) atoms. The highest BCUT2D eigenvalue weighted by Crippen LogP contribution is 2.20. The number of nitrogens with zero attached hydrogens (tertiary/aromatic N) is 1. The molecule has 0 spiro atoms. The Balaban J connectivity index is 1.79. The van der Waals surface area contributed by atoms with Crippen LogP contribution in [0.15, 0.2) is 42.5 Å². The molecule has 2 aromatic rings. The Hall–Kier alpha value is -4.15. The highest BCUT2D eigenvalue weighted by atomic mass is 16.5. The summed E-state index contributed by atoms with van der Waals surface area (Å²) in [6.07, 6.45) is 0.420. The molecule has 3 rings (SSSR count). The van der Waals surface area contributed by atoms with E-state index in [1.807, 2.05) is 61.2 Å². The van der Waals surface area contributed by atoms with Gasteiger partial charge in [-0.1, -0.05) is 62.7 Å². The Morgan fingerprint density at radius 1 is 0.868 bits per heavy atom. The van der Waals surface area contributed by atoms with Crippen LogP contribution < -0.4 is 32.7 Å². The van der Waals surface area contributed by atoms with Crippen molar-refractivity contribution < 1.29 is 38.9 Å². The van der Waals surface area contributed by atoms with Crippen LogP contribution in [-0.2, 0) is 35.1 Å². The minimum absolute atomic E-state index is 0.00452. The molecule has 0 saturated carbocycles. The predicted molar refractivity (Wildman–Crippen MR) is 201 cm³/mol. The van der Waals surface area contributed by atoms with E-state index in [9.17, 15) is 34.2 Å². The topological polar surface area (TPSA) is 238 Å².